The second-order valence-corrected chi connectivity index (χ2v) is 6.55. The van der Waals surface area contributed by atoms with Crippen molar-refractivity contribution in [1.29, 1.82) is 0 Å². The first-order valence-electron chi connectivity index (χ1n) is 8.53. The molecule has 0 spiro atoms. The van der Waals surface area contributed by atoms with E-state index in [0.29, 0.717) is 6.73 Å². The Kier molecular flexibility index (Phi) is 10.8. The number of halogens is 1. The summed E-state index contributed by atoms with van der Waals surface area (Å²) in [6.07, 6.45) is 16.0. The van der Waals surface area contributed by atoms with Crippen molar-refractivity contribution in [3.63, 3.8) is 0 Å². The van der Waals surface area contributed by atoms with Crippen LogP contribution in [0.1, 0.15) is 70.8 Å². The van der Waals surface area contributed by atoms with Crippen LogP contribution in [0.3, 0.4) is 0 Å². The van der Waals surface area contributed by atoms with E-state index in [0.717, 1.165) is 13.0 Å². The van der Waals surface area contributed by atoms with Gasteiger partial charge in [0.25, 0.3) is 6.73 Å². The minimum atomic E-state index is 0.652. The number of aromatic nitrogens is 1. The van der Waals surface area contributed by atoms with Crippen LogP contribution < -0.4 is 4.57 Å². The minimum Gasteiger partial charge on any atom is -0.323 e. The highest BCUT2D eigenvalue weighted by Gasteiger charge is 2.05. The molecule has 0 atom stereocenters. The monoisotopic (exact) mass is 356 g/mol. The molecule has 0 saturated heterocycles. The quantitative estimate of drug-likeness (QED) is 0.360. The van der Waals surface area contributed by atoms with Gasteiger partial charge in [-0.15, -0.1) is 0 Å². The van der Waals surface area contributed by atoms with Gasteiger partial charge in [0, 0.05) is 6.07 Å². The summed E-state index contributed by atoms with van der Waals surface area (Å²) < 4.78 is 9.00. The van der Waals surface area contributed by atoms with Crippen LogP contribution in [-0.4, -0.2) is 6.61 Å². The van der Waals surface area contributed by atoms with Crippen molar-refractivity contribution in [3.05, 3.63) is 28.5 Å². The first kappa shape index (κ1) is 18.6. The number of nitrogens with zero attached hydrogens (tertiary/aromatic N) is 1. The fourth-order valence-corrected chi connectivity index (χ4v) is 3.09. The number of rotatable bonds is 12. The van der Waals surface area contributed by atoms with Crippen molar-refractivity contribution < 1.29 is 9.30 Å². The van der Waals surface area contributed by atoms with Crippen molar-refractivity contribution in [3.8, 4) is 0 Å². The summed E-state index contributed by atoms with van der Waals surface area (Å²) in [5, 5.41) is 0. The minimum absolute atomic E-state index is 0.652. The Morgan fingerprint density at radius 3 is 2.29 bits per heavy atom. The Labute approximate surface area is 139 Å². The first-order valence-corrected chi connectivity index (χ1v) is 9.32. The van der Waals surface area contributed by atoms with Crippen LogP contribution >= 0.6 is 15.9 Å². The number of ether oxygens (including phenoxy) is 1. The van der Waals surface area contributed by atoms with Gasteiger partial charge < -0.3 is 4.74 Å². The highest BCUT2D eigenvalue weighted by molar-refractivity contribution is 9.10. The maximum Gasteiger partial charge on any atom is 0.252 e. The van der Waals surface area contributed by atoms with E-state index in [9.17, 15) is 0 Å². The fraction of sp³-hybridized carbons (Fsp3) is 0.722. The molecule has 0 fully saturated rings. The predicted molar refractivity (Wildman–Crippen MR) is 92.3 cm³/mol. The van der Waals surface area contributed by atoms with Crippen LogP contribution in [0.15, 0.2) is 22.9 Å². The Morgan fingerprint density at radius 1 is 1.00 bits per heavy atom. The molecule has 2 nitrogen and oxygen atoms in total. The summed E-state index contributed by atoms with van der Waals surface area (Å²) >= 11 is 3.60. The summed E-state index contributed by atoms with van der Waals surface area (Å²) in [7, 11) is 0. The van der Waals surface area contributed by atoms with E-state index < -0.39 is 0 Å². The van der Waals surface area contributed by atoms with E-state index in [1.165, 1.54) is 61.4 Å². The highest BCUT2D eigenvalue weighted by Crippen LogP contribution is 2.13. The first-order chi connectivity index (χ1) is 10.3. The van der Waals surface area contributed by atoms with E-state index in [-0.39, 0.29) is 0 Å². The molecule has 0 saturated carbocycles. The Morgan fingerprint density at radius 2 is 1.67 bits per heavy atom. The van der Waals surface area contributed by atoms with Crippen molar-refractivity contribution in [1.82, 2.24) is 0 Å². The molecule has 0 aromatic carbocycles. The second kappa shape index (κ2) is 12.2. The maximum atomic E-state index is 5.74. The molecule has 0 radical (unpaired) electrons. The van der Waals surface area contributed by atoms with Gasteiger partial charge in [0.1, 0.15) is 0 Å². The SMILES string of the molecule is CCCCCCCCCCOC[n+]1ccc(CC)c(Br)c1. The van der Waals surface area contributed by atoms with Crippen molar-refractivity contribution in [2.45, 2.75) is 78.4 Å². The summed E-state index contributed by atoms with van der Waals surface area (Å²) in [5.74, 6) is 0. The van der Waals surface area contributed by atoms with Crippen molar-refractivity contribution in [2.24, 2.45) is 0 Å². The summed E-state index contributed by atoms with van der Waals surface area (Å²) in [5.41, 5.74) is 1.34. The number of unbranched alkanes of at least 4 members (excludes halogenated alkanes) is 7. The molecule has 0 N–H and O–H groups in total. The Hall–Kier alpha value is -0.410. The summed E-state index contributed by atoms with van der Waals surface area (Å²) in [6, 6.07) is 2.16. The van der Waals surface area contributed by atoms with Gasteiger partial charge in [-0.05, 0) is 34.3 Å². The van der Waals surface area contributed by atoms with Gasteiger partial charge in [-0.1, -0.05) is 58.8 Å². The van der Waals surface area contributed by atoms with Crippen LogP contribution in [0.5, 0.6) is 0 Å². The summed E-state index contributed by atoms with van der Waals surface area (Å²) in [4.78, 5) is 0. The molecule has 0 aliphatic carbocycles. The standard InChI is InChI=1S/C18H31BrNO/c1-3-5-6-7-8-9-10-11-14-21-16-20-13-12-17(4-2)18(19)15-20/h12-13,15H,3-11,14,16H2,1-2H3/q+1. The maximum absolute atomic E-state index is 5.74. The third-order valence-corrected chi connectivity index (χ3v) is 4.53. The molecular formula is C18H31BrNO+. The molecule has 0 unspecified atom stereocenters. The van der Waals surface area contributed by atoms with Gasteiger partial charge in [-0.25, -0.2) is 0 Å². The molecule has 3 heteroatoms. The van der Waals surface area contributed by atoms with Crippen LogP contribution in [0.25, 0.3) is 0 Å². The van der Waals surface area contributed by atoms with Crippen LogP contribution in [0.2, 0.25) is 0 Å². The van der Waals surface area contributed by atoms with Gasteiger partial charge in [0.15, 0.2) is 12.4 Å². The molecule has 0 bridgehead atoms. The van der Waals surface area contributed by atoms with Crippen LogP contribution in [-0.2, 0) is 17.9 Å². The van der Waals surface area contributed by atoms with E-state index in [2.05, 4.69) is 52.8 Å². The van der Waals surface area contributed by atoms with Gasteiger partial charge in [0.05, 0.1) is 11.1 Å². The third kappa shape index (κ3) is 8.57. The lowest BCUT2D eigenvalue weighted by Gasteiger charge is -2.04. The van der Waals surface area contributed by atoms with Crippen LogP contribution in [0.4, 0.5) is 0 Å². The van der Waals surface area contributed by atoms with E-state index in [4.69, 9.17) is 4.74 Å². The van der Waals surface area contributed by atoms with E-state index in [1.54, 1.807) is 0 Å². The van der Waals surface area contributed by atoms with E-state index >= 15 is 0 Å². The molecular weight excluding hydrogens is 326 g/mol. The molecule has 0 amide bonds. The zero-order valence-corrected chi connectivity index (χ0v) is 15.3. The zero-order chi connectivity index (χ0) is 15.3. The summed E-state index contributed by atoms with van der Waals surface area (Å²) in [6.45, 7) is 5.96. The average Bonchev–Trinajstić information content (AvgIpc) is 2.49. The Balaban J connectivity index is 2.00. The highest BCUT2D eigenvalue weighted by atomic mass is 79.9. The average molecular weight is 357 g/mol. The lowest BCUT2D eigenvalue weighted by Crippen LogP contribution is -2.34. The molecule has 120 valence electrons. The Bertz CT molecular complexity index is 381. The number of hydrogen-bond acceptors (Lipinski definition) is 1. The van der Waals surface area contributed by atoms with Crippen molar-refractivity contribution >= 4 is 15.9 Å². The molecule has 0 aliphatic heterocycles. The molecule has 1 aromatic rings. The normalized spacial score (nSPS) is 11.0. The van der Waals surface area contributed by atoms with Gasteiger partial charge in [-0.2, -0.15) is 4.57 Å². The molecule has 1 heterocycles. The lowest BCUT2D eigenvalue weighted by atomic mass is 10.1. The van der Waals surface area contributed by atoms with Crippen molar-refractivity contribution in [2.75, 3.05) is 6.61 Å². The predicted octanol–water partition coefficient (Wildman–Crippen LogP) is 5.41. The lowest BCUT2D eigenvalue weighted by molar-refractivity contribution is -0.733. The van der Waals surface area contributed by atoms with Gasteiger partial charge in [-0.3, -0.25) is 0 Å². The number of hydrogen-bond donors (Lipinski definition) is 0. The van der Waals surface area contributed by atoms with Gasteiger partial charge >= 0.3 is 0 Å². The molecule has 0 aliphatic rings. The number of pyridine rings is 1. The topological polar surface area (TPSA) is 13.1 Å². The molecule has 1 rings (SSSR count). The molecule has 1 aromatic heterocycles. The second-order valence-electron chi connectivity index (χ2n) is 5.70. The zero-order valence-electron chi connectivity index (χ0n) is 13.7. The number of aryl methyl sites for hydroxylation is 1. The largest absolute Gasteiger partial charge is 0.323 e. The third-order valence-electron chi connectivity index (χ3n) is 3.82. The van der Waals surface area contributed by atoms with Crippen LogP contribution in [0, 0.1) is 0 Å². The van der Waals surface area contributed by atoms with Gasteiger partial charge in [0.2, 0.25) is 0 Å². The van der Waals surface area contributed by atoms with E-state index in [1.807, 2.05) is 0 Å². The smallest absolute Gasteiger partial charge is 0.252 e. The fourth-order valence-electron chi connectivity index (χ4n) is 2.41. The molecule has 21 heavy (non-hydrogen) atoms.